The summed E-state index contributed by atoms with van der Waals surface area (Å²) in [7, 11) is 0. The normalized spacial score (nSPS) is 21.2. The molecule has 2 aromatic rings. The first kappa shape index (κ1) is 17.5. The van der Waals surface area contributed by atoms with Crippen LogP contribution in [0.5, 0.6) is 0 Å². The smallest absolute Gasteiger partial charge is 0.255 e. The molecule has 1 atom stereocenters. The van der Waals surface area contributed by atoms with Crippen molar-refractivity contribution in [2.75, 3.05) is 26.3 Å². The van der Waals surface area contributed by atoms with E-state index in [1.165, 1.54) is 32.1 Å². The quantitative estimate of drug-likeness (QED) is 0.806. The zero-order chi connectivity index (χ0) is 17.8. The number of para-hydroxylation sites is 1. The van der Waals surface area contributed by atoms with Crippen molar-refractivity contribution in [2.24, 2.45) is 11.8 Å². The summed E-state index contributed by atoms with van der Waals surface area (Å²) in [5, 5.41) is 1.03. The first-order valence-electron chi connectivity index (χ1n) is 10.0. The van der Waals surface area contributed by atoms with Gasteiger partial charge in [0.25, 0.3) is 5.91 Å². The highest BCUT2D eigenvalue weighted by Gasteiger charge is 2.26. The summed E-state index contributed by atoms with van der Waals surface area (Å²) >= 11 is 0. The molecule has 1 saturated heterocycles. The summed E-state index contributed by atoms with van der Waals surface area (Å²) in [6.07, 6.45) is 9.25. The van der Waals surface area contributed by atoms with Crippen molar-refractivity contribution in [3.63, 3.8) is 0 Å². The second-order valence-corrected chi connectivity index (χ2v) is 7.86. The van der Waals surface area contributed by atoms with E-state index in [-0.39, 0.29) is 5.91 Å². The zero-order valence-corrected chi connectivity index (χ0v) is 15.4. The number of fused-ring (bicyclic) bond motifs is 1. The van der Waals surface area contributed by atoms with E-state index in [9.17, 15) is 4.79 Å². The van der Waals surface area contributed by atoms with Crippen LogP contribution in [-0.2, 0) is 4.74 Å². The number of carbonyl (C=O) groups is 1. The Morgan fingerprint density at radius 1 is 1.08 bits per heavy atom. The standard InChI is InChI=1S/C22H28N2O2/c25-22(20-12-19-8-4-5-9-21(19)23-13-20)24(15-18-10-11-26-16-18)14-17-6-2-1-3-7-17/h4-5,8-9,12-13,17-18H,1-3,6-7,10-11,14-16H2. The third-order valence-corrected chi connectivity index (χ3v) is 5.83. The molecular formula is C22H28N2O2. The van der Waals surface area contributed by atoms with Gasteiger partial charge in [-0.1, -0.05) is 37.5 Å². The van der Waals surface area contributed by atoms with Gasteiger partial charge in [0.15, 0.2) is 0 Å². The third-order valence-electron chi connectivity index (χ3n) is 5.83. The van der Waals surface area contributed by atoms with Crippen LogP contribution in [0.25, 0.3) is 10.9 Å². The number of nitrogens with zero attached hydrogens (tertiary/aromatic N) is 2. The fourth-order valence-electron chi connectivity index (χ4n) is 4.33. The minimum atomic E-state index is 0.126. The van der Waals surface area contributed by atoms with E-state index >= 15 is 0 Å². The third kappa shape index (κ3) is 4.07. The first-order valence-corrected chi connectivity index (χ1v) is 10.0. The van der Waals surface area contributed by atoms with Gasteiger partial charge in [-0.25, -0.2) is 0 Å². The maximum Gasteiger partial charge on any atom is 0.255 e. The van der Waals surface area contributed by atoms with Crippen LogP contribution in [0.2, 0.25) is 0 Å². The number of amides is 1. The van der Waals surface area contributed by atoms with Crippen molar-refractivity contribution in [2.45, 2.75) is 38.5 Å². The minimum Gasteiger partial charge on any atom is -0.381 e. The Hall–Kier alpha value is -1.94. The molecular weight excluding hydrogens is 324 g/mol. The monoisotopic (exact) mass is 352 g/mol. The van der Waals surface area contributed by atoms with Gasteiger partial charge in [-0.15, -0.1) is 0 Å². The van der Waals surface area contributed by atoms with E-state index in [2.05, 4.69) is 9.88 Å². The molecule has 1 saturated carbocycles. The number of aromatic nitrogens is 1. The molecule has 2 heterocycles. The maximum absolute atomic E-state index is 13.3. The van der Waals surface area contributed by atoms with Gasteiger partial charge in [-0.3, -0.25) is 9.78 Å². The fraction of sp³-hybridized carbons (Fsp3) is 0.545. The molecule has 1 unspecified atom stereocenters. The molecule has 1 aliphatic carbocycles. The highest BCUT2D eigenvalue weighted by atomic mass is 16.5. The van der Waals surface area contributed by atoms with Gasteiger partial charge in [0.05, 0.1) is 17.7 Å². The van der Waals surface area contributed by atoms with Gasteiger partial charge in [0, 0.05) is 37.2 Å². The van der Waals surface area contributed by atoms with Crippen molar-refractivity contribution in [1.29, 1.82) is 0 Å². The van der Waals surface area contributed by atoms with Gasteiger partial charge in [0.1, 0.15) is 0 Å². The first-order chi connectivity index (χ1) is 12.8. The average molecular weight is 352 g/mol. The minimum absolute atomic E-state index is 0.126. The number of pyridine rings is 1. The van der Waals surface area contributed by atoms with E-state index < -0.39 is 0 Å². The summed E-state index contributed by atoms with van der Waals surface area (Å²) < 4.78 is 5.54. The summed E-state index contributed by atoms with van der Waals surface area (Å²) in [6.45, 7) is 3.29. The lowest BCUT2D eigenvalue weighted by Gasteiger charge is -2.31. The van der Waals surface area contributed by atoms with Crippen LogP contribution in [0, 0.1) is 11.8 Å². The van der Waals surface area contributed by atoms with Crippen molar-refractivity contribution >= 4 is 16.8 Å². The molecule has 26 heavy (non-hydrogen) atoms. The molecule has 2 fully saturated rings. The molecule has 4 nitrogen and oxygen atoms in total. The number of hydrogen-bond donors (Lipinski definition) is 0. The van der Waals surface area contributed by atoms with Crippen LogP contribution in [0.15, 0.2) is 36.5 Å². The van der Waals surface area contributed by atoms with Crippen LogP contribution in [0.4, 0.5) is 0 Å². The van der Waals surface area contributed by atoms with Crippen LogP contribution in [0.1, 0.15) is 48.9 Å². The topological polar surface area (TPSA) is 42.4 Å². The van der Waals surface area contributed by atoms with Gasteiger partial charge in [0.2, 0.25) is 0 Å². The Bertz CT molecular complexity index is 749. The molecule has 0 radical (unpaired) electrons. The van der Waals surface area contributed by atoms with Gasteiger partial charge >= 0.3 is 0 Å². The lowest BCUT2D eigenvalue weighted by atomic mass is 9.88. The molecule has 2 aliphatic rings. The Morgan fingerprint density at radius 2 is 1.88 bits per heavy atom. The Balaban J connectivity index is 1.54. The maximum atomic E-state index is 13.3. The van der Waals surface area contributed by atoms with E-state index in [0.717, 1.165) is 43.6 Å². The van der Waals surface area contributed by atoms with Gasteiger partial charge in [-0.2, -0.15) is 0 Å². The number of ether oxygens (including phenoxy) is 1. The predicted octanol–water partition coefficient (Wildman–Crippen LogP) is 4.29. The number of hydrogen-bond acceptors (Lipinski definition) is 3. The van der Waals surface area contributed by atoms with Crippen molar-refractivity contribution < 1.29 is 9.53 Å². The van der Waals surface area contributed by atoms with E-state index in [4.69, 9.17) is 4.74 Å². The molecule has 0 spiro atoms. The molecule has 1 aromatic heterocycles. The summed E-state index contributed by atoms with van der Waals surface area (Å²) in [5.74, 6) is 1.24. The van der Waals surface area contributed by atoms with Crippen molar-refractivity contribution in [1.82, 2.24) is 9.88 Å². The molecule has 1 aliphatic heterocycles. The molecule has 0 bridgehead atoms. The molecule has 0 N–H and O–H groups in total. The lowest BCUT2D eigenvalue weighted by Crippen LogP contribution is -2.39. The number of rotatable bonds is 5. The number of benzene rings is 1. The average Bonchev–Trinajstić information content (AvgIpc) is 3.20. The highest BCUT2D eigenvalue weighted by Crippen LogP contribution is 2.26. The molecule has 4 heteroatoms. The number of carbonyl (C=O) groups excluding carboxylic acids is 1. The SMILES string of the molecule is O=C(c1cnc2ccccc2c1)N(CC1CCCCC1)CC1CCOC1. The summed E-state index contributed by atoms with van der Waals surface area (Å²) in [6, 6.07) is 9.97. The van der Waals surface area contributed by atoms with Crippen molar-refractivity contribution in [3.05, 3.63) is 42.1 Å². The fourth-order valence-corrected chi connectivity index (χ4v) is 4.33. The van der Waals surface area contributed by atoms with Crippen LogP contribution in [0.3, 0.4) is 0 Å². The Labute approximate surface area is 155 Å². The molecule has 1 aromatic carbocycles. The van der Waals surface area contributed by atoms with Crippen LogP contribution in [-0.4, -0.2) is 42.1 Å². The van der Waals surface area contributed by atoms with Crippen LogP contribution >= 0.6 is 0 Å². The van der Waals surface area contributed by atoms with Crippen molar-refractivity contribution in [3.8, 4) is 0 Å². The summed E-state index contributed by atoms with van der Waals surface area (Å²) in [5.41, 5.74) is 1.64. The predicted molar refractivity (Wildman–Crippen MR) is 103 cm³/mol. The Morgan fingerprint density at radius 3 is 2.69 bits per heavy atom. The van der Waals surface area contributed by atoms with Gasteiger partial charge in [-0.05, 0) is 37.3 Å². The zero-order valence-electron chi connectivity index (χ0n) is 15.4. The van der Waals surface area contributed by atoms with Gasteiger partial charge < -0.3 is 9.64 Å². The molecule has 4 rings (SSSR count). The largest absolute Gasteiger partial charge is 0.381 e. The van der Waals surface area contributed by atoms with E-state index in [0.29, 0.717) is 17.4 Å². The highest BCUT2D eigenvalue weighted by molar-refractivity contribution is 5.97. The second-order valence-electron chi connectivity index (χ2n) is 7.86. The second kappa shape index (κ2) is 8.17. The molecule has 1 amide bonds. The Kier molecular flexibility index (Phi) is 5.49. The van der Waals surface area contributed by atoms with Crippen LogP contribution < -0.4 is 0 Å². The summed E-state index contributed by atoms with van der Waals surface area (Å²) in [4.78, 5) is 19.9. The molecule has 138 valence electrons. The van der Waals surface area contributed by atoms with E-state index in [1.54, 1.807) is 6.20 Å². The van der Waals surface area contributed by atoms with E-state index in [1.807, 2.05) is 30.3 Å². The lowest BCUT2D eigenvalue weighted by molar-refractivity contribution is 0.0673.